The van der Waals surface area contributed by atoms with Crippen LogP contribution < -0.4 is 15.5 Å². The fraction of sp³-hybridized carbons (Fsp3) is 0.714. The Balaban J connectivity index is 1.80. The van der Waals surface area contributed by atoms with Crippen molar-refractivity contribution >= 4 is 17.6 Å². The van der Waals surface area contributed by atoms with Gasteiger partial charge in [0.15, 0.2) is 0 Å². The van der Waals surface area contributed by atoms with Gasteiger partial charge < -0.3 is 30.6 Å². The number of hydrogen-bond donors (Lipinski definition) is 3. The summed E-state index contributed by atoms with van der Waals surface area (Å²) in [6, 6.07) is 1.90. The van der Waals surface area contributed by atoms with Gasteiger partial charge in [0, 0.05) is 51.8 Å². The molecule has 0 radical (unpaired) electrons. The standard InChI is InChI=1S/C14H24N6O2/c1-18-2-4-19(5-3-18)12-7-13(17-14(15)16-12)20-8-10(21)6-11(22)9-20/h7,10-11,21-22H,2-6,8-9H2,1H3,(H2,15,16,17)/t10-,11-/m1/s1. The zero-order chi connectivity index (χ0) is 15.7. The minimum absolute atomic E-state index is 0.223. The molecule has 3 rings (SSSR count). The third-order valence-corrected chi connectivity index (χ3v) is 4.27. The van der Waals surface area contributed by atoms with Crippen LogP contribution in [0, 0.1) is 0 Å². The molecule has 1 aromatic heterocycles. The molecule has 0 aliphatic carbocycles. The maximum Gasteiger partial charge on any atom is 0.223 e. The van der Waals surface area contributed by atoms with E-state index >= 15 is 0 Å². The number of aliphatic hydroxyl groups excluding tert-OH is 2. The second-order valence-electron chi connectivity index (χ2n) is 6.18. The zero-order valence-electron chi connectivity index (χ0n) is 12.9. The normalized spacial score (nSPS) is 27.2. The van der Waals surface area contributed by atoms with Gasteiger partial charge in [-0.05, 0) is 7.05 Å². The minimum Gasteiger partial charge on any atom is -0.391 e. The Hall–Kier alpha value is -1.64. The molecule has 2 aliphatic heterocycles. The first kappa shape index (κ1) is 15.3. The number of piperidine rings is 1. The first-order valence-corrected chi connectivity index (χ1v) is 7.70. The van der Waals surface area contributed by atoms with Crippen LogP contribution in [0.3, 0.4) is 0 Å². The van der Waals surface area contributed by atoms with Crippen LogP contribution in [0.5, 0.6) is 0 Å². The van der Waals surface area contributed by atoms with Crippen LogP contribution in [-0.2, 0) is 0 Å². The van der Waals surface area contributed by atoms with Gasteiger partial charge in [0.1, 0.15) is 11.6 Å². The van der Waals surface area contributed by atoms with Gasteiger partial charge in [-0.3, -0.25) is 0 Å². The molecule has 22 heavy (non-hydrogen) atoms. The lowest BCUT2D eigenvalue weighted by molar-refractivity contribution is 0.0648. The molecule has 0 spiro atoms. The monoisotopic (exact) mass is 308 g/mol. The molecule has 1 aromatic rings. The molecule has 0 aromatic carbocycles. The first-order valence-electron chi connectivity index (χ1n) is 7.70. The quantitative estimate of drug-likeness (QED) is 0.622. The fourth-order valence-electron chi connectivity index (χ4n) is 3.03. The molecule has 0 saturated carbocycles. The molecular formula is C14H24N6O2. The highest BCUT2D eigenvalue weighted by atomic mass is 16.3. The van der Waals surface area contributed by atoms with Crippen LogP contribution in [0.25, 0.3) is 0 Å². The molecule has 8 heteroatoms. The van der Waals surface area contributed by atoms with E-state index in [4.69, 9.17) is 5.73 Å². The van der Waals surface area contributed by atoms with E-state index in [1.165, 1.54) is 0 Å². The van der Waals surface area contributed by atoms with E-state index in [0.29, 0.717) is 25.3 Å². The Morgan fingerprint density at radius 3 is 2.14 bits per heavy atom. The second kappa shape index (κ2) is 6.23. The zero-order valence-corrected chi connectivity index (χ0v) is 12.9. The van der Waals surface area contributed by atoms with Crippen molar-refractivity contribution < 1.29 is 10.2 Å². The number of anilines is 3. The number of β-amino-alcohol motifs (C(OH)–C–C–N with tert-alkyl or cyclic N) is 2. The van der Waals surface area contributed by atoms with Gasteiger partial charge in [-0.25, -0.2) is 0 Å². The Kier molecular flexibility index (Phi) is 4.32. The lowest BCUT2D eigenvalue weighted by Gasteiger charge is -2.36. The van der Waals surface area contributed by atoms with Crippen molar-refractivity contribution in [1.82, 2.24) is 14.9 Å². The van der Waals surface area contributed by atoms with E-state index in [-0.39, 0.29) is 5.95 Å². The molecule has 2 saturated heterocycles. The Bertz CT molecular complexity index is 510. The summed E-state index contributed by atoms with van der Waals surface area (Å²) in [5.74, 6) is 1.70. The van der Waals surface area contributed by atoms with E-state index in [1.54, 1.807) is 0 Å². The van der Waals surface area contributed by atoms with Gasteiger partial charge >= 0.3 is 0 Å². The third kappa shape index (κ3) is 3.40. The molecule has 2 fully saturated rings. The number of piperazine rings is 1. The van der Waals surface area contributed by atoms with Crippen molar-refractivity contribution in [2.75, 3.05) is 61.8 Å². The number of rotatable bonds is 2. The molecule has 0 amide bonds. The van der Waals surface area contributed by atoms with E-state index in [1.807, 2.05) is 11.0 Å². The van der Waals surface area contributed by atoms with Crippen LogP contribution >= 0.6 is 0 Å². The number of hydrogen-bond acceptors (Lipinski definition) is 8. The highest BCUT2D eigenvalue weighted by Crippen LogP contribution is 2.24. The summed E-state index contributed by atoms with van der Waals surface area (Å²) >= 11 is 0. The molecule has 122 valence electrons. The van der Waals surface area contributed by atoms with Crippen molar-refractivity contribution in [2.24, 2.45) is 0 Å². The van der Waals surface area contributed by atoms with Crippen LogP contribution in [0.1, 0.15) is 6.42 Å². The number of aliphatic hydroxyl groups is 2. The summed E-state index contributed by atoms with van der Waals surface area (Å²) in [5.41, 5.74) is 5.86. The van der Waals surface area contributed by atoms with E-state index in [0.717, 1.165) is 32.0 Å². The summed E-state index contributed by atoms with van der Waals surface area (Å²) < 4.78 is 0. The van der Waals surface area contributed by atoms with Gasteiger partial charge in [0.05, 0.1) is 12.2 Å². The van der Waals surface area contributed by atoms with Crippen LogP contribution in [0.15, 0.2) is 6.07 Å². The van der Waals surface area contributed by atoms with Gasteiger partial charge in [-0.2, -0.15) is 9.97 Å². The molecule has 2 atom stereocenters. The summed E-state index contributed by atoms with van der Waals surface area (Å²) in [4.78, 5) is 14.9. The molecule has 4 N–H and O–H groups in total. The van der Waals surface area contributed by atoms with Crippen LogP contribution in [0.2, 0.25) is 0 Å². The summed E-state index contributed by atoms with van der Waals surface area (Å²) in [7, 11) is 2.10. The molecule has 3 heterocycles. The van der Waals surface area contributed by atoms with Gasteiger partial charge in [0.25, 0.3) is 0 Å². The number of nitrogen functional groups attached to an aromatic ring is 1. The number of nitrogens with zero attached hydrogens (tertiary/aromatic N) is 5. The average Bonchev–Trinajstić information content (AvgIpc) is 2.46. The molecule has 0 bridgehead atoms. The highest BCUT2D eigenvalue weighted by Gasteiger charge is 2.26. The summed E-state index contributed by atoms with van der Waals surface area (Å²) in [5, 5.41) is 19.7. The van der Waals surface area contributed by atoms with Crippen LogP contribution in [-0.4, -0.2) is 83.6 Å². The minimum atomic E-state index is -0.549. The predicted octanol–water partition coefficient (Wildman–Crippen LogP) is -1.26. The van der Waals surface area contributed by atoms with Crippen molar-refractivity contribution in [3.8, 4) is 0 Å². The first-order chi connectivity index (χ1) is 10.5. The highest BCUT2D eigenvalue weighted by molar-refractivity contribution is 5.54. The number of nitrogens with two attached hydrogens (primary N) is 1. The van der Waals surface area contributed by atoms with E-state index < -0.39 is 12.2 Å². The summed E-state index contributed by atoms with van der Waals surface area (Å²) in [6.07, 6.45) is -0.693. The molecule has 8 nitrogen and oxygen atoms in total. The van der Waals surface area contributed by atoms with Crippen molar-refractivity contribution in [1.29, 1.82) is 0 Å². The smallest absolute Gasteiger partial charge is 0.223 e. The van der Waals surface area contributed by atoms with Gasteiger partial charge in [0.2, 0.25) is 5.95 Å². The van der Waals surface area contributed by atoms with E-state index in [2.05, 4.69) is 26.8 Å². The molecule has 2 aliphatic rings. The van der Waals surface area contributed by atoms with Gasteiger partial charge in [-0.15, -0.1) is 0 Å². The van der Waals surface area contributed by atoms with Crippen molar-refractivity contribution in [3.05, 3.63) is 6.07 Å². The maximum atomic E-state index is 9.84. The number of likely N-dealkylation sites (N-methyl/N-ethyl adjacent to an activating group) is 1. The molecule has 0 unspecified atom stereocenters. The fourth-order valence-corrected chi connectivity index (χ4v) is 3.03. The van der Waals surface area contributed by atoms with E-state index in [9.17, 15) is 10.2 Å². The third-order valence-electron chi connectivity index (χ3n) is 4.27. The lowest BCUT2D eigenvalue weighted by atomic mass is 10.1. The lowest BCUT2D eigenvalue weighted by Crippen LogP contribution is -2.47. The largest absolute Gasteiger partial charge is 0.391 e. The van der Waals surface area contributed by atoms with Crippen LogP contribution in [0.4, 0.5) is 17.6 Å². The maximum absolute atomic E-state index is 9.84. The van der Waals surface area contributed by atoms with Crippen molar-refractivity contribution in [3.63, 3.8) is 0 Å². The molecular weight excluding hydrogens is 284 g/mol. The Morgan fingerprint density at radius 2 is 1.55 bits per heavy atom. The number of aromatic nitrogens is 2. The topological polar surface area (TPSA) is 102 Å². The predicted molar refractivity (Wildman–Crippen MR) is 85.0 cm³/mol. The SMILES string of the molecule is CN1CCN(c2cc(N3C[C@H](O)C[C@@H](O)C3)nc(N)n2)CC1. The Labute approximate surface area is 130 Å². The van der Waals surface area contributed by atoms with Crippen molar-refractivity contribution in [2.45, 2.75) is 18.6 Å². The average molecular weight is 308 g/mol. The summed E-state index contributed by atoms with van der Waals surface area (Å²) in [6.45, 7) is 4.68. The van der Waals surface area contributed by atoms with Gasteiger partial charge in [-0.1, -0.05) is 0 Å². The second-order valence-corrected chi connectivity index (χ2v) is 6.18. The Morgan fingerprint density at radius 1 is 1.00 bits per heavy atom.